The molecule has 0 saturated carbocycles. The van der Waals surface area contributed by atoms with E-state index in [1.165, 1.54) is 9.47 Å². The fourth-order valence-electron chi connectivity index (χ4n) is 3.63. The molecule has 1 aliphatic rings. The van der Waals surface area contributed by atoms with Gasteiger partial charge in [0.15, 0.2) is 17.5 Å². The van der Waals surface area contributed by atoms with Crippen LogP contribution in [0.25, 0.3) is 10.9 Å². The first-order valence-electron chi connectivity index (χ1n) is 9.10. The number of carbonyl (C=O) groups is 1. The summed E-state index contributed by atoms with van der Waals surface area (Å²) in [5.41, 5.74) is -2.83. The van der Waals surface area contributed by atoms with Gasteiger partial charge >= 0.3 is 5.97 Å². The van der Waals surface area contributed by atoms with E-state index in [-0.39, 0.29) is 6.54 Å². The molecule has 6 nitrogen and oxygen atoms in total. The Balaban J connectivity index is 2.30. The highest BCUT2D eigenvalue weighted by molar-refractivity contribution is 5.94. The highest BCUT2D eigenvalue weighted by Gasteiger charge is 2.30. The summed E-state index contributed by atoms with van der Waals surface area (Å²) in [7, 11) is 3.68. The molecule has 1 saturated heterocycles. The molecule has 0 spiro atoms. The van der Waals surface area contributed by atoms with Crippen LogP contribution in [0.1, 0.15) is 29.6 Å². The summed E-state index contributed by atoms with van der Waals surface area (Å²) < 4.78 is 46.1. The van der Waals surface area contributed by atoms with Crippen molar-refractivity contribution in [2.45, 2.75) is 25.8 Å². The van der Waals surface area contributed by atoms with Gasteiger partial charge in [0.05, 0.1) is 10.9 Å². The summed E-state index contributed by atoms with van der Waals surface area (Å²) in [6.45, 7) is 1.53. The van der Waals surface area contributed by atoms with Crippen LogP contribution in [0.4, 0.5) is 18.9 Å². The van der Waals surface area contributed by atoms with Crippen LogP contribution in [0.2, 0.25) is 0 Å². The van der Waals surface area contributed by atoms with Crippen molar-refractivity contribution in [1.82, 2.24) is 9.47 Å². The Morgan fingerprint density at radius 1 is 1.14 bits per heavy atom. The molecule has 0 bridgehead atoms. The van der Waals surface area contributed by atoms with Gasteiger partial charge in [0.2, 0.25) is 5.43 Å². The summed E-state index contributed by atoms with van der Waals surface area (Å²) in [6.07, 6.45) is 2.97. The average molecular weight is 397 g/mol. The molecule has 1 aromatic carbocycles. The molecule has 1 aliphatic heterocycles. The van der Waals surface area contributed by atoms with E-state index >= 15 is 4.39 Å². The standard InChI is InChI=1S/C19H22F3N3O3/c1-23(2)6-5-9-25-10-11(19(27)28)18(26)12-13(20)14(21)17(15(22)16(12)25)24-7-3-4-8-24/h10H,3-9H2,1-2H3,(H,27,28). The number of fused-ring (bicyclic) bond motifs is 1. The lowest BCUT2D eigenvalue weighted by Gasteiger charge is -2.22. The van der Waals surface area contributed by atoms with E-state index in [1.54, 1.807) is 0 Å². The molecule has 9 heteroatoms. The first-order chi connectivity index (χ1) is 13.2. The minimum atomic E-state index is -1.57. The molecule has 0 atom stereocenters. The van der Waals surface area contributed by atoms with Crippen molar-refractivity contribution < 1.29 is 23.1 Å². The Hall–Kier alpha value is -2.55. The molecule has 0 aliphatic carbocycles. The maximum atomic E-state index is 15.4. The summed E-state index contributed by atoms with van der Waals surface area (Å²) in [5, 5.41) is 8.42. The van der Waals surface area contributed by atoms with Gasteiger partial charge in [0.25, 0.3) is 0 Å². The van der Waals surface area contributed by atoms with Crippen molar-refractivity contribution in [2.24, 2.45) is 0 Å². The molecule has 2 heterocycles. The number of aromatic carboxylic acids is 1. The van der Waals surface area contributed by atoms with Crippen LogP contribution >= 0.6 is 0 Å². The van der Waals surface area contributed by atoms with Gasteiger partial charge in [-0.25, -0.2) is 18.0 Å². The molecule has 0 amide bonds. The van der Waals surface area contributed by atoms with Crippen molar-refractivity contribution >= 4 is 22.6 Å². The van der Waals surface area contributed by atoms with Crippen LogP contribution in [0.15, 0.2) is 11.0 Å². The van der Waals surface area contributed by atoms with E-state index in [4.69, 9.17) is 0 Å². The van der Waals surface area contributed by atoms with Crippen LogP contribution in [-0.2, 0) is 6.54 Å². The van der Waals surface area contributed by atoms with Crippen molar-refractivity contribution in [1.29, 1.82) is 0 Å². The predicted molar refractivity (Wildman–Crippen MR) is 99.7 cm³/mol. The molecule has 2 aromatic rings. The molecule has 1 fully saturated rings. The lowest BCUT2D eigenvalue weighted by atomic mass is 10.1. The Bertz CT molecular complexity index is 982. The van der Waals surface area contributed by atoms with Crippen LogP contribution in [0.3, 0.4) is 0 Å². The van der Waals surface area contributed by atoms with Crippen molar-refractivity contribution in [3.63, 3.8) is 0 Å². The largest absolute Gasteiger partial charge is 0.477 e. The van der Waals surface area contributed by atoms with Crippen molar-refractivity contribution in [3.8, 4) is 0 Å². The lowest BCUT2D eigenvalue weighted by molar-refractivity contribution is 0.0694. The number of anilines is 1. The second-order valence-electron chi connectivity index (χ2n) is 7.24. The van der Waals surface area contributed by atoms with E-state index in [1.807, 2.05) is 19.0 Å². The molecule has 1 N–H and O–H groups in total. The lowest BCUT2D eigenvalue weighted by Crippen LogP contribution is -2.26. The molecule has 0 radical (unpaired) electrons. The van der Waals surface area contributed by atoms with Gasteiger partial charge in [-0.1, -0.05) is 0 Å². The van der Waals surface area contributed by atoms with E-state index < -0.39 is 51.0 Å². The number of carboxylic acid groups (broad SMARTS) is 1. The molecule has 0 unspecified atom stereocenters. The van der Waals surface area contributed by atoms with E-state index in [0.29, 0.717) is 26.1 Å². The third-order valence-electron chi connectivity index (χ3n) is 4.97. The quantitative estimate of drug-likeness (QED) is 0.760. The zero-order valence-electron chi connectivity index (χ0n) is 15.8. The highest BCUT2D eigenvalue weighted by atomic mass is 19.2. The third-order valence-corrected chi connectivity index (χ3v) is 4.97. The van der Waals surface area contributed by atoms with Gasteiger partial charge in [-0.3, -0.25) is 4.79 Å². The second kappa shape index (κ2) is 7.83. The van der Waals surface area contributed by atoms with Gasteiger partial charge in [-0.15, -0.1) is 0 Å². The zero-order valence-corrected chi connectivity index (χ0v) is 15.8. The van der Waals surface area contributed by atoms with Crippen LogP contribution in [0, 0.1) is 17.5 Å². The molecule has 1 aromatic heterocycles. The average Bonchev–Trinajstić information content (AvgIpc) is 3.14. The summed E-state index contributed by atoms with van der Waals surface area (Å²) in [6, 6.07) is 0. The smallest absolute Gasteiger partial charge is 0.341 e. The fourth-order valence-corrected chi connectivity index (χ4v) is 3.63. The second-order valence-corrected chi connectivity index (χ2v) is 7.24. The van der Waals surface area contributed by atoms with Crippen molar-refractivity contribution in [3.05, 3.63) is 39.4 Å². The number of pyridine rings is 1. The summed E-state index contributed by atoms with van der Waals surface area (Å²) in [5.74, 6) is -5.56. The number of hydrogen-bond donors (Lipinski definition) is 1. The highest BCUT2D eigenvalue weighted by Crippen LogP contribution is 2.34. The number of hydrogen-bond acceptors (Lipinski definition) is 4. The Labute approximate surface area is 159 Å². The van der Waals surface area contributed by atoms with Gasteiger partial charge in [-0.2, -0.15) is 0 Å². The number of aromatic nitrogens is 1. The van der Waals surface area contributed by atoms with Gasteiger partial charge in [-0.05, 0) is 39.9 Å². The molecular formula is C19H22F3N3O3. The third kappa shape index (κ3) is 3.46. The number of carboxylic acids is 1. The fraction of sp³-hybridized carbons (Fsp3) is 0.474. The topological polar surface area (TPSA) is 65.8 Å². The van der Waals surface area contributed by atoms with E-state index in [9.17, 15) is 23.5 Å². The van der Waals surface area contributed by atoms with Crippen LogP contribution in [0.5, 0.6) is 0 Å². The number of nitrogens with zero attached hydrogens (tertiary/aromatic N) is 3. The monoisotopic (exact) mass is 397 g/mol. The van der Waals surface area contributed by atoms with Gasteiger partial charge in [0, 0.05) is 25.8 Å². The molecule has 28 heavy (non-hydrogen) atoms. The maximum absolute atomic E-state index is 15.4. The first kappa shape index (κ1) is 20.2. The maximum Gasteiger partial charge on any atom is 0.341 e. The van der Waals surface area contributed by atoms with Gasteiger partial charge in [0.1, 0.15) is 11.3 Å². The molecule has 152 valence electrons. The van der Waals surface area contributed by atoms with E-state index in [2.05, 4.69) is 0 Å². The SMILES string of the molecule is CN(C)CCCn1cc(C(=O)O)c(=O)c2c(F)c(F)c(N3CCCC3)c(F)c21. The van der Waals surface area contributed by atoms with E-state index in [0.717, 1.165) is 19.0 Å². The zero-order chi connectivity index (χ0) is 20.6. The Morgan fingerprint density at radius 2 is 1.79 bits per heavy atom. The number of rotatable bonds is 6. The normalized spacial score (nSPS) is 14.4. The molecular weight excluding hydrogens is 375 g/mol. The predicted octanol–water partition coefficient (Wildman–Crippen LogP) is 2.67. The Kier molecular flexibility index (Phi) is 5.64. The van der Waals surface area contributed by atoms with Crippen LogP contribution in [-0.4, -0.2) is 54.3 Å². The summed E-state index contributed by atoms with van der Waals surface area (Å²) >= 11 is 0. The Morgan fingerprint density at radius 3 is 2.36 bits per heavy atom. The number of aryl methyl sites for hydroxylation is 1. The minimum Gasteiger partial charge on any atom is -0.477 e. The van der Waals surface area contributed by atoms with Crippen molar-refractivity contribution in [2.75, 3.05) is 38.6 Å². The summed E-state index contributed by atoms with van der Waals surface area (Å²) in [4.78, 5) is 27.2. The number of halogens is 3. The molecule has 3 rings (SSSR count). The number of benzene rings is 1. The minimum absolute atomic E-state index is 0.149. The van der Waals surface area contributed by atoms with Gasteiger partial charge < -0.3 is 19.5 Å². The first-order valence-corrected chi connectivity index (χ1v) is 9.10. The van der Waals surface area contributed by atoms with Crippen LogP contribution < -0.4 is 10.3 Å².